The predicted molar refractivity (Wildman–Crippen MR) is 59.6 cm³/mol. The van der Waals surface area contributed by atoms with Gasteiger partial charge < -0.3 is 21.1 Å². The Balaban J connectivity index is 2.52. The number of aromatic nitrogens is 2. The van der Waals surface area contributed by atoms with E-state index in [1.165, 1.54) is 13.3 Å². The molecular weight excluding hydrogens is 224 g/mol. The summed E-state index contributed by atoms with van der Waals surface area (Å²) in [5.74, 6) is -0.594. The zero-order valence-electron chi connectivity index (χ0n) is 9.38. The molecule has 1 aromatic rings. The highest BCUT2D eigenvalue weighted by atomic mass is 16.3. The molecule has 0 aliphatic carbocycles. The highest BCUT2D eigenvalue weighted by molar-refractivity contribution is 5.84. The van der Waals surface area contributed by atoms with E-state index >= 15 is 0 Å². The molecule has 0 spiro atoms. The number of carbonyl (C=O) groups excluding carboxylic acids is 2. The SMILES string of the molecule is CC(O)C(N)C(=O)NC([C]=O)Cc1c[nH]cn1. The molecule has 0 bridgehead atoms. The molecular formula is C10H15N4O3. The number of aromatic amines is 1. The first-order valence-corrected chi connectivity index (χ1v) is 5.14. The van der Waals surface area contributed by atoms with Crippen molar-refractivity contribution in [1.29, 1.82) is 0 Å². The highest BCUT2D eigenvalue weighted by Crippen LogP contribution is 1.97. The van der Waals surface area contributed by atoms with Crippen molar-refractivity contribution >= 4 is 12.2 Å². The zero-order chi connectivity index (χ0) is 12.8. The van der Waals surface area contributed by atoms with Crippen LogP contribution >= 0.6 is 0 Å². The number of carbonyl (C=O) groups is 1. The van der Waals surface area contributed by atoms with Crippen LogP contribution in [0.5, 0.6) is 0 Å². The van der Waals surface area contributed by atoms with Crippen molar-refractivity contribution in [1.82, 2.24) is 15.3 Å². The zero-order valence-corrected chi connectivity index (χ0v) is 9.38. The second kappa shape index (κ2) is 6.12. The van der Waals surface area contributed by atoms with Gasteiger partial charge in [0.15, 0.2) is 0 Å². The van der Waals surface area contributed by atoms with Gasteiger partial charge in [0, 0.05) is 12.6 Å². The molecule has 0 aliphatic heterocycles. The van der Waals surface area contributed by atoms with Crippen molar-refractivity contribution in [3.05, 3.63) is 18.2 Å². The van der Waals surface area contributed by atoms with Gasteiger partial charge in [0.25, 0.3) is 0 Å². The summed E-state index contributed by atoms with van der Waals surface area (Å²) < 4.78 is 0. The second-order valence-electron chi connectivity index (χ2n) is 3.71. The van der Waals surface area contributed by atoms with E-state index in [4.69, 9.17) is 10.8 Å². The predicted octanol–water partition coefficient (Wildman–Crippen LogP) is -1.75. The number of aliphatic hydroxyl groups is 1. The lowest BCUT2D eigenvalue weighted by Gasteiger charge is -2.17. The van der Waals surface area contributed by atoms with E-state index in [2.05, 4.69) is 15.3 Å². The lowest BCUT2D eigenvalue weighted by atomic mass is 10.1. The summed E-state index contributed by atoms with van der Waals surface area (Å²) in [7, 11) is 0. The largest absolute Gasteiger partial charge is 0.391 e. The Morgan fingerprint density at radius 2 is 2.47 bits per heavy atom. The normalized spacial score (nSPS) is 15.9. The molecule has 1 radical (unpaired) electrons. The van der Waals surface area contributed by atoms with Crippen LogP contribution in [0, 0.1) is 0 Å². The maximum atomic E-state index is 11.5. The van der Waals surface area contributed by atoms with Crippen molar-refractivity contribution < 1.29 is 14.7 Å². The molecule has 1 amide bonds. The fraction of sp³-hybridized carbons (Fsp3) is 0.500. The number of nitrogens with two attached hydrogens (primary N) is 1. The first-order chi connectivity index (χ1) is 8.04. The number of aliphatic hydroxyl groups excluding tert-OH is 1. The van der Waals surface area contributed by atoms with Crippen LogP contribution in [0.3, 0.4) is 0 Å². The molecule has 0 saturated heterocycles. The first kappa shape index (κ1) is 13.3. The van der Waals surface area contributed by atoms with E-state index < -0.39 is 24.1 Å². The molecule has 93 valence electrons. The summed E-state index contributed by atoms with van der Waals surface area (Å²) in [5.41, 5.74) is 6.05. The number of imidazole rings is 1. The maximum absolute atomic E-state index is 11.5. The molecule has 17 heavy (non-hydrogen) atoms. The molecule has 0 aromatic carbocycles. The third kappa shape index (κ3) is 3.97. The molecule has 3 atom stereocenters. The minimum Gasteiger partial charge on any atom is -0.391 e. The smallest absolute Gasteiger partial charge is 0.240 e. The summed E-state index contributed by atoms with van der Waals surface area (Å²) in [6.07, 6.45) is 4.03. The Bertz CT molecular complexity index is 364. The molecule has 0 aliphatic rings. The van der Waals surface area contributed by atoms with Crippen molar-refractivity contribution in [3.63, 3.8) is 0 Å². The van der Waals surface area contributed by atoms with Gasteiger partial charge in [-0.3, -0.25) is 9.59 Å². The summed E-state index contributed by atoms with van der Waals surface area (Å²) in [6, 6.07) is -1.89. The fourth-order valence-corrected chi connectivity index (χ4v) is 1.22. The number of rotatable bonds is 6. The molecule has 1 rings (SSSR count). The lowest BCUT2D eigenvalue weighted by molar-refractivity contribution is -0.124. The van der Waals surface area contributed by atoms with Gasteiger partial charge in [-0.25, -0.2) is 4.98 Å². The topological polar surface area (TPSA) is 121 Å². The van der Waals surface area contributed by atoms with E-state index in [-0.39, 0.29) is 6.42 Å². The lowest BCUT2D eigenvalue weighted by Crippen LogP contribution is -2.51. The standard InChI is InChI=1S/C10H15N4O3/c1-6(16)9(11)10(17)14-8(4-15)2-7-3-12-5-13-7/h3,5-6,8-9,16H,2,11H2,1H3,(H,12,13)(H,14,17). The van der Waals surface area contributed by atoms with Gasteiger partial charge in [0.05, 0.1) is 18.1 Å². The van der Waals surface area contributed by atoms with Crippen LogP contribution in [0.25, 0.3) is 0 Å². The van der Waals surface area contributed by atoms with Crippen LogP contribution in [-0.2, 0) is 16.0 Å². The van der Waals surface area contributed by atoms with E-state index in [0.29, 0.717) is 5.69 Å². The average molecular weight is 239 g/mol. The molecule has 3 unspecified atom stereocenters. The van der Waals surface area contributed by atoms with Crippen molar-refractivity contribution in [2.24, 2.45) is 5.73 Å². The molecule has 7 nitrogen and oxygen atoms in total. The quantitative estimate of drug-likeness (QED) is 0.469. The molecule has 0 fully saturated rings. The molecule has 5 N–H and O–H groups in total. The van der Waals surface area contributed by atoms with Crippen molar-refractivity contribution in [2.45, 2.75) is 31.5 Å². The summed E-state index contributed by atoms with van der Waals surface area (Å²) in [4.78, 5) is 28.8. The minimum absolute atomic E-state index is 0.227. The number of hydrogen-bond acceptors (Lipinski definition) is 5. The van der Waals surface area contributed by atoms with Gasteiger partial charge in [0.2, 0.25) is 12.2 Å². The van der Waals surface area contributed by atoms with Crippen LogP contribution in [0.15, 0.2) is 12.5 Å². The van der Waals surface area contributed by atoms with E-state index in [0.717, 1.165) is 0 Å². The number of nitrogens with zero attached hydrogens (tertiary/aromatic N) is 1. The van der Waals surface area contributed by atoms with Crippen LogP contribution in [0.4, 0.5) is 0 Å². The van der Waals surface area contributed by atoms with Gasteiger partial charge in [-0.1, -0.05) is 0 Å². The summed E-state index contributed by atoms with van der Waals surface area (Å²) >= 11 is 0. The number of hydrogen-bond donors (Lipinski definition) is 4. The highest BCUT2D eigenvalue weighted by Gasteiger charge is 2.22. The molecule has 1 heterocycles. The Morgan fingerprint density at radius 3 is 2.94 bits per heavy atom. The van der Waals surface area contributed by atoms with E-state index in [9.17, 15) is 9.59 Å². The van der Waals surface area contributed by atoms with Gasteiger partial charge in [-0.2, -0.15) is 0 Å². The van der Waals surface area contributed by atoms with Crippen molar-refractivity contribution in [2.75, 3.05) is 0 Å². The van der Waals surface area contributed by atoms with Gasteiger partial charge >= 0.3 is 0 Å². The Labute approximate surface area is 98.4 Å². The summed E-state index contributed by atoms with van der Waals surface area (Å²) in [5, 5.41) is 11.5. The summed E-state index contributed by atoms with van der Waals surface area (Å²) in [6.45, 7) is 1.40. The minimum atomic E-state index is -1.06. The second-order valence-corrected chi connectivity index (χ2v) is 3.71. The average Bonchev–Trinajstić information content (AvgIpc) is 2.79. The van der Waals surface area contributed by atoms with Crippen LogP contribution < -0.4 is 11.1 Å². The number of nitrogens with one attached hydrogen (secondary N) is 2. The van der Waals surface area contributed by atoms with Gasteiger partial charge in [0.1, 0.15) is 12.1 Å². The Morgan fingerprint density at radius 1 is 1.76 bits per heavy atom. The third-order valence-electron chi connectivity index (χ3n) is 2.25. The van der Waals surface area contributed by atoms with Gasteiger partial charge in [-0.15, -0.1) is 0 Å². The Kier molecular flexibility index (Phi) is 4.80. The van der Waals surface area contributed by atoms with Gasteiger partial charge in [-0.05, 0) is 6.92 Å². The molecule has 7 heteroatoms. The number of H-pyrrole nitrogens is 1. The molecule has 1 aromatic heterocycles. The Hall–Kier alpha value is -1.73. The van der Waals surface area contributed by atoms with Crippen LogP contribution in [0.1, 0.15) is 12.6 Å². The van der Waals surface area contributed by atoms with Crippen LogP contribution in [0.2, 0.25) is 0 Å². The van der Waals surface area contributed by atoms with E-state index in [1.54, 1.807) is 12.5 Å². The third-order valence-corrected chi connectivity index (χ3v) is 2.25. The molecule has 0 saturated carbocycles. The van der Waals surface area contributed by atoms with E-state index in [1.807, 2.05) is 0 Å². The van der Waals surface area contributed by atoms with Crippen LogP contribution in [-0.4, -0.2) is 45.5 Å². The van der Waals surface area contributed by atoms with Crippen molar-refractivity contribution in [3.8, 4) is 0 Å². The first-order valence-electron chi connectivity index (χ1n) is 5.14. The maximum Gasteiger partial charge on any atom is 0.240 e. The number of amides is 1. The fourth-order valence-electron chi connectivity index (χ4n) is 1.22. The monoisotopic (exact) mass is 239 g/mol.